The maximum absolute atomic E-state index is 11.6. The lowest BCUT2D eigenvalue weighted by Gasteiger charge is -2.18. The van der Waals surface area contributed by atoms with Gasteiger partial charge >= 0.3 is 0 Å². The van der Waals surface area contributed by atoms with Crippen LogP contribution in [0.3, 0.4) is 0 Å². The van der Waals surface area contributed by atoms with Gasteiger partial charge in [-0.1, -0.05) is 18.5 Å². The molecule has 0 saturated heterocycles. The lowest BCUT2D eigenvalue weighted by Crippen LogP contribution is -2.31. The first kappa shape index (κ1) is 17.8. The van der Waals surface area contributed by atoms with Crippen LogP contribution in [0.5, 0.6) is 5.75 Å². The average molecular weight is 315 g/mol. The van der Waals surface area contributed by atoms with Crippen LogP contribution in [0, 0.1) is 0 Å². The third-order valence-electron chi connectivity index (χ3n) is 2.94. The molecule has 1 rings (SSSR count). The molecule has 1 aromatic rings. The summed E-state index contributed by atoms with van der Waals surface area (Å²) in [4.78, 5) is 11.6. The van der Waals surface area contributed by atoms with Gasteiger partial charge in [0, 0.05) is 30.3 Å². The Kier molecular flexibility index (Phi) is 8.12. The van der Waals surface area contributed by atoms with Gasteiger partial charge < -0.3 is 20.1 Å². The minimum Gasteiger partial charge on any atom is -0.483 e. The number of nitrogens with one attached hydrogen (secondary N) is 2. The van der Waals surface area contributed by atoms with E-state index in [0.717, 1.165) is 12.1 Å². The number of benzene rings is 1. The third kappa shape index (κ3) is 6.33. The van der Waals surface area contributed by atoms with Crippen molar-refractivity contribution in [2.75, 3.05) is 33.4 Å². The quantitative estimate of drug-likeness (QED) is 0.686. The van der Waals surface area contributed by atoms with Crippen molar-refractivity contribution in [1.82, 2.24) is 10.6 Å². The van der Waals surface area contributed by atoms with Crippen LogP contribution in [0.2, 0.25) is 5.02 Å². The molecular weight excluding hydrogens is 292 g/mol. The van der Waals surface area contributed by atoms with E-state index in [0.29, 0.717) is 23.9 Å². The lowest BCUT2D eigenvalue weighted by molar-refractivity contribution is -0.123. The Balaban J connectivity index is 2.63. The number of hydrogen-bond donors (Lipinski definition) is 2. The summed E-state index contributed by atoms with van der Waals surface area (Å²) in [7, 11) is 1.59. The smallest absolute Gasteiger partial charge is 0.258 e. The highest BCUT2D eigenvalue weighted by atomic mass is 35.5. The fourth-order valence-electron chi connectivity index (χ4n) is 1.89. The zero-order valence-corrected chi connectivity index (χ0v) is 13.5. The zero-order valence-electron chi connectivity index (χ0n) is 12.7. The highest BCUT2D eigenvalue weighted by molar-refractivity contribution is 6.30. The highest BCUT2D eigenvalue weighted by Crippen LogP contribution is 2.28. The largest absolute Gasteiger partial charge is 0.483 e. The van der Waals surface area contributed by atoms with Crippen molar-refractivity contribution >= 4 is 17.5 Å². The Morgan fingerprint density at radius 2 is 2.19 bits per heavy atom. The molecule has 1 amide bonds. The van der Waals surface area contributed by atoms with Crippen molar-refractivity contribution in [2.45, 2.75) is 19.9 Å². The van der Waals surface area contributed by atoms with Gasteiger partial charge in [-0.25, -0.2) is 0 Å². The molecule has 0 spiro atoms. The molecule has 0 aliphatic rings. The molecule has 0 heterocycles. The first-order valence-corrected chi connectivity index (χ1v) is 7.37. The first-order valence-electron chi connectivity index (χ1n) is 6.99. The van der Waals surface area contributed by atoms with Crippen LogP contribution < -0.4 is 15.4 Å². The number of carbonyl (C=O) groups is 1. The normalized spacial score (nSPS) is 12.0. The molecular formula is C15H23ClN2O3. The maximum atomic E-state index is 11.6. The Hall–Kier alpha value is -1.30. The second-order valence-corrected chi connectivity index (χ2v) is 5.03. The number of ether oxygens (including phenoxy) is 2. The van der Waals surface area contributed by atoms with Crippen LogP contribution in [0.25, 0.3) is 0 Å². The fourth-order valence-corrected chi connectivity index (χ4v) is 2.07. The van der Waals surface area contributed by atoms with Crippen molar-refractivity contribution in [2.24, 2.45) is 0 Å². The fraction of sp³-hybridized carbons (Fsp3) is 0.533. The van der Waals surface area contributed by atoms with E-state index in [2.05, 4.69) is 10.6 Å². The summed E-state index contributed by atoms with van der Waals surface area (Å²) >= 11 is 6.03. The number of amides is 1. The molecule has 0 saturated carbocycles. The van der Waals surface area contributed by atoms with Crippen LogP contribution in [0.4, 0.5) is 0 Å². The summed E-state index contributed by atoms with van der Waals surface area (Å²) in [5.74, 6) is 0.485. The predicted octanol–water partition coefficient (Wildman–Crippen LogP) is 2.15. The summed E-state index contributed by atoms with van der Waals surface area (Å²) in [6.07, 6.45) is 0. The van der Waals surface area contributed by atoms with Gasteiger partial charge in [0.05, 0.1) is 6.61 Å². The SMILES string of the molecule is CCNC(C)c1cc(Cl)ccc1OCC(=O)NCCOC. The van der Waals surface area contributed by atoms with Crippen molar-refractivity contribution in [3.05, 3.63) is 28.8 Å². The van der Waals surface area contributed by atoms with Gasteiger partial charge in [0.15, 0.2) is 6.61 Å². The van der Waals surface area contributed by atoms with E-state index in [9.17, 15) is 4.79 Å². The van der Waals surface area contributed by atoms with Gasteiger partial charge in [0.25, 0.3) is 5.91 Å². The maximum Gasteiger partial charge on any atom is 0.258 e. The van der Waals surface area contributed by atoms with Gasteiger partial charge in [0.2, 0.25) is 0 Å². The molecule has 0 radical (unpaired) electrons. The minimum atomic E-state index is -0.177. The van der Waals surface area contributed by atoms with Crippen LogP contribution in [-0.4, -0.2) is 39.3 Å². The van der Waals surface area contributed by atoms with E-state index in [1.165, 1.54) is 0 Å². The van der Waals surface area contributed by atoms with Crippen molar-refractivity contribution < 1.29 is 14.3 Å². The van der Waals surface area contributed by atoms with Gasteiger partial charge in [-0.05, 0) is 31.7 Å². The Labute approximate surface area is 131 Å². The summed E-state index contributed by atoms with van der Waals surface area (Å²) in [5.41, 5.74) is 0.939. The average Bonchev–Trinajstić information content (AvgIpc) is 2.46. The van der Waals surface area contributed by atoms with Crippen molar-refractivity contribution in [3.8, 4) is 5.75 Å². The van der Waals surface area contributed by atoms with E-state index in [1.807, 2.05) is 19.9 Å². The van der Waals surface area contributed by atoms with Crippen molar-refractivity contribution in [3.63, 3.8) is 0 Å². The molecule has 6 heteroatoms. The van der Waals surface area contributed by atoms with Crippen molar-refractivity contribution in [1.29, 1.82) is 0 Å². The lowest BCUT2D eigenvalue weighted by atomic mass is 10.1. The Morgan fingerprint density at radius 1 is 1.43 bits per heavy atom. The van der Waals surface area contributed by atoms with E-state index in [4.69, 9.17) is 21.1 Å². The Bertz CT molecular complexity index is 455. The molecule has 118 valence electrons. The molecule has 1 unspecified atom stereocenters. The second kappa shape index (κ2) is 9.60. The molecule has 0 aliphatic heterocycles. The number of rotatable bonds is 9. The molecule has 21 heavy (non-hydrogen) atoms. The van der Waals surface area contributed by atoms with Gasteiger partial charge in [-0.3, -0.25) is 4.79 Å². The standard InChI is InChI=1S/C15H23ClN2O3/c1-4-17-11(2)13-9-12(16)5-6-14(13)21-10-15(19)18-7-8-20-3/h5-6,9,11,17H,4,7-8,10H2,1-3H3,(H,18,19). The van der Waals surface area contributed by atoms with Gasteiger partial charge in [-0.15, -0.1) is 0 Å². The summed E-state index contributed by atoms with van der Waals surface area (Å²) < 4.78 is 10.5. The summed E-state index contributed by atoms with van der Waals surface area (Å²) in [6.45, 7) is 5.82. The Morgan fingerprint density at radius 3 is 2.86 bits per heavy atom. The number of halogens is 1. The second-order valence-electron chi connectivity index (χ2n) is 4.59. The molecule has 1 atom stereocenters. The number of methoxy groups -OCH3 is 1. The van der Waals surface area contributed by atoms with Gasteiger partial charge in [0.1, 0.15) is 5.75 Å². The molecule has 0 aromatic heterocycles. The van der Waals surface area contributed by atoms with E-state index >= 15 is 0 Å². The number of hydrogen-bond acceptors (Lipinski definition) is 4. The van der Waals surface area contributed by atoms with Crippen LogP contribution in [0.15, 0.2) is 18.2 Å². The number of carbonyl (C=O) groups excluding carboxylic acids is 1. The van der Waals surface area contributed by atoms with E-state index in [1.54, 1.807) is 19.2 Å². The summed E-state index contributed by atoms with van der Waals surface area (Å²) in [6, 6.07) is 5.49. The first-order chi connectivity index (χ1) is 10.1. The molecule has 0 fully saturated rings. The molecule has 2 N–H and O–H groups in total. The zero-order chi connectivity index (χ0) is 15.7. The van der Waals surface area contributed by atoms with E-state index in [-0.39, 0.29) is 18.6 Å². The highest BCUT2D eigenvalue weighted by Gasteiger charge is 2.13. The van der Waals surface area contributed by atoms with Crippen LogP contribution in [0.1, 0.15) is 25.5 Å². The molecule has 0 bridgehead atoms. The molecule has 0 aliphatic carbocycles. The van der Waals surface area contributed by atoms with Crippen LogP contribution >= 0.6 is 11.6 Å². The molecule has 1 aromatic carbocycles. The predicted molar refractivity (Wildman–Crippen MR) is 83.9 cm³/mol. The monoisotopic (exact) mass is 314 g/mol. The van der Waals surface area contributed by atoms with Gasteiger partial charge in [-0.2, -0.15) is 0 Å². The topological polar surface area (TPSA) is 59.6 Å². The minimum absolute atomic E-state index is 0.0306. The summed E-state index contributed by atoms with van der Waals surface area (Å²) in [5, 5.41) is 6.66. The third-order valence-corrected chi connectivity index (χ3v) is 3.17. The molecule has 5 nitrogen and oxygen atoms in total. The van der Waals surface area contributed by atoms with E-state index < -0.39 is 0 Å². The van der Waals surface area contributed by atoms with Crippen LogP contribution in [-0.2, 0) is 9.53 Å².